The summed E-state index contributed by atoms with van der Waals surface area (Å²) >= 11 is 1.81. The maximum Gasteiger partial charge on any atom is 0.193 e. The van der Waals surface area contributed by atoms with Gasteiger partial charge in [-0.1, -0.05) is 12.1 Å². The van der Waals surface area contributed by atoms with Crippen LogP contribution in [0.3, 0.4) is 0 Å². The van der Waals surface area contributed by atoms with Crippen LogP contribution in [-0.4, -0.2) is 51.8 Å². The molecule has 5 nitrogen and oxygen atoms in total. The number of benzene rings is 1. The molecular weight excluding hydrogens is 485 g/mol. The van der Waals surface area contributed by atoms with Crippen LogP contribution in [0.5, 0.6) is 11.5 Å². The third kappa shape index (κ3) is 7.87. The molecule has 0 fully saturated rings. The van der Waals surface area contributed by atoms with E-state index in [9.17, 15) is 0 Å². The topological polar surface area (TPSA) is 46.1 Å². The van der Waals surface area contributed by atoms with Crippen molar-refractivity contribution in [3.8, 4) is 11.5 Å². The van der Waals surface area contributed by atoms with Crippen LogP contribution in [0.25, 0.3) is 0 Å². The Balaban J connectivity index is 0.00000392. The molecule has 1 N–H and O–H groups in total. The van der Waals surface area contributed by atoms with Crippen molar-refractivity contribution in [3.05, 3.63) is 46.2 Å². The van der Waals surface area contributed by atoms with Gasteiger partial charge in [-0.25, -0.2) is 0 Å². The lowest BCUT2D eigenvalue weighted by Gasteiger charge is -2.21. The fourth-order valence-electron chi connectivity index (χ4n) is 2.81. The summed E-state index contributed by atoms with van der Waals surface area (Å²) in [6.45, 7) is 4.73. The summed E-state index contributed by atoms with van der Waals surface area (Å²) in [6, 6.07) is 10.4. The van der Waals surface area contributed by atoms with Crippen LogP contribution in [0, 0.1) is 0 Å². The van der Waals surface area contributed by atoms with Gasteiger partial charge in [0.2, 0.25) is 0 Å². The molecule has 0 amide bonds. The Bertz CT molecular complexity index is 708. The minimum atomic E-state index is 0. The fourth-order valence-corrected chi connectivity index (χ4v) is 3.51. The van der Waals surface area contributed by atoms with Crippen molar-refractivity contribution in [2.24, 2.45) is 4.99 Å². The van der Waals surface area contributed by atoms with Gasteiger partial charge in [0.05, 0.1) is 14.2 Å². The second-order valence-corrected chi connectivity index (χ2v) is 7.31. The van der Waals surface area contributed by atoms with E-state index in [-0.39, 0.29) is 24.0 Å². The first-order chi connectivity index (χ1) is 13.2. The van der Waals surface area contributed by atoms with Gasteiger partial charge in [-0.05, 0) is 55.3 Å². The molecule has 0 bridgehead atoms. The number of guanidine groups is 1. The van der Waals surface area contributed by atoms with Gasteiger partial charge < -0.3 is 19.7 Å². The minimum absolute atomic E-state index is 0. The Kier molecular flexibility index (Phi) is 12.0. The van der Waals surface area contributed by atoms with Crippen molar-refractivity contribution >= 4 is 41.3 Å². The number of nitrogens with zero attached hydrogens (tertiary/aromatic N) is 2. The third-order valence-corrected chi connectivity index (χ3v) is 5.24. The van der Waals surface area contributed by atoms with Gasteiger partial charge in [0, 0.05) is 31.6 Å². The number of halogens is 1. The largest absolute Gasteiger partial charge is 0.493 e. The van der Waals surface area contributed by atoms with Gasteiger partial charge in [-0.15, -0.1) is 35.3 Å². The Hall–Kier alpha value is -1.48. The molecule has 0 radical (unpaired) electrons. The lowest BCUT2D eigenvalue weighted by atomic mass is 10.1. The van der Waals surface area contributed by atoms with Gasteiger partial charge in [0.1, 0.15) is 0 Å². The van der Waals surface area contributed by atoms with Crippen LogP contribution in [-0.2, 0) is 12.8 Å². The summed E-state index contributed by atoms with van der Waals surface area (Å²) in [5, 5.41) is 5.52. The number of hydrogen-bond acceptors (Lipinski definition) is 4. The molecular formula is C21H32IN3O2S. The van der Waals surface area contributed by atoms with Crippen LogP contribution in [0.2, 0.25) is 0 Å². The number of thiophene rings is 1. The van der Waals surface area contributed by atoms with Crippen molar-refractivity contribution in [1.82, 2.24) is 10.2 Å². The van der Waals surface area contributed by atoms with E-state index in [4.69, 9.17) is 14.5 Å². The molecule has 2 aromatic rings. The van der Waals surface area contributed by atoms with E-state index >= 15 is 0 Å². The second kappa shape index (κ2) is 13.7. The number of aryl methyl sites for hydroxylation is 1. The molecule has 28 heavy (non-hydrogen) atoms. The first-order valence-electron chi connectivity index (χ1n) is 9.40. The van der Waals surface area contributed by atoms with E-state index in [0.29, 0.717) is 0 Å². The molecule has 7 heteroatoms. The number of nitrogens with one attached hydrogen (secondary N) is 1. The number of aliphatic imine (C=N–C) groups is 1. The zero-order valence-corrected chi connectivity index (χ0v) is 20.4. The minimum Gasteiger partial charge on any atom is -0.493 e. The highest BCUT2D eigenvalue weighted by Crippen LogP contribution is 2.27. The highest BCUT2D eigenvalue weighted by molar-refractivity contribution is 14.0. The summed E-state index contributed by atoms with van der Waals surface area (Å²) in [5.74, 6) is 2.52. The average Bonchev–Trinajstić information content (AvgIpc) is 3.21. The normalized spacial score (nSPS) is 10.9. The molecule has 0 aliphatic rings. The predicted octanol–water partition coefficient (Wildman–Crippen LogP) is 4.46. The maximum absolute atomic E-state index is 5.37. The number of rotatable bonds is 10. The molecule has 1 heterocycles. The SMILES string of the molecule is CCNC(=NCCCc1ccc(OC)c(OC)c1)N(C)CCc1cccs1.I. The monoisotopic (exact) mass is 517 g/mol. The summed E-state index contributed by atoms with van der Waals surface area (Å²) < 4.78 is 10.7. The van der Waals surface area contributed by atoms with E-state index in [2.05, 4.69) is 47.8 Å². The fraction of sp³-hybridized carbons (Fsp3) is 0.476. The van der Waals surface area contributed by atoms with Crippen molar-refractivity contribution in [2.75, 3.05) is 40.9 Å². The first kappa shape index (κ1) is 24.6. The van der Waals surface area contributed by atoms with Crippen molar-refractivity contribution in [2.45, 2.75) is 26.2 Å². The summed E-state index contributed by atoms with van der Waals surface area (Å²) in [5.41, 5.74) is 1.24. The van der Waals surface area contributed by atoms with Crippen LogP contribution >= 0.6 is 35.3 Å². The van der Waals surface area contributed by atoms with Crippen LogP contribution in [0.4, 0.5) is 0 Å². The predicted molar refractivity (Wildman–Crippen MR) is 130 cm³/mol. The van der Waals surface area contributed by atoms with Crippen molar-refractivity contribution in [3.63, 3.8) is 0 Å². The molecule has 0 aliphatic carbocycles. The highest BCUT2D eigenvalue weighted by Gasteiger charge is 2.07. The first-order valence-corrected chi connectivity index (χ1v) is 10.3. The van der Waals surface area contributed by atoms with Crippen molar-refractivity contribution in [1.29, 1.82) is 0 Å². The zero-order valence-electron chi connectivity index (χ0n) is 17.2. The van der Waals surface area contributed by atoms with E-state index < -0.39 is 0 Å². The smallest absolute Gasteiger partial charge is 0.193 e. The van der Waals surface area contributed by atoms with Crippen LogP contribution in [0.1, 0.15) is 23.8 Å². The number of methoxy groups -OCH3 is 2. The molecule has 0 aliphatic heterocycles. The van der Waals surface area contributed by atoms with Crippen molar-refractivity contribution < 1.29 is 9.47 Å². The lowest BCUT2D eigenvalue weighted by Crippen LogP contribution is -2.40. The van der Waals surface area contributed by atoms with E-state index in [0.717, 1.165) is 56.4 Å². The average molecular weight is 517 g/mol. The van der Waals surface area contributed by atoms with Gasteiger partial charge >= 0.3 is 0 Å². The van der Waals surface area contributed by atoms with Gasteiger partial charge in [-0.2, -0.15) is 0 Å². The second-order valence-electron chi connectivity index (χ2n) is 6.28. The Morgan fingerprint density at radius 2 is 1.93 bits per heavy atom. The molecule has 0 saturated carbocycles. The molecule has 1 aromatic heterocycles. The van der Waals surface area contributed by atoms with Gasteiger partial charge in [0.25, 0.3) is 0 Å². The molecule has 1 aromatic carbocycles. The van der Waals surface area contributed by atoms with Gasteiger partial charge in [0.15, 0.2) is 17.5 Å². The molecule has 2 rings (SSSR count). The number of likely N-dealkylation sites (N-methyl/N-ethyl adjacent to an activating group) is 1. The van der Waals surface area contributed by atoms with Gasteiger partial charge in [-0.3, -0.25) is 4.99 Å². The van der Waals surface area contributed by atoms with Crippen LogP contribution in [0.15, 0.2) is 40.7 Å². The van der Waals surface area contributed by atoms with E-state index in [1.807, 2.05) is 23.5 Å². The maximum atomic E-state index is 5.37. The van der Waals surface area contributed by atoms with E-state index in [1.165, 1.54) is 10.4 Å². The number of ether oxygens (including phenoxy) is 2. The highest BCUT2D eigenvalue weighted by atomic mass is 127. The third-order valence-electron chi connectivity index (χ3n) is 4.30. The molecule has 0 saturated heterocycles. The summed E-state index contributed by atoms with van der Waals surface area (Å²) in [4.78, 5) is 8.40. The zero-order chi connectivity index (χ0) is 19.5. The molecule has 0 spiro atoms. The molecule has 0 unspecified atom stereocenters. The summed E-state index contributed by atoms with van der Waals surface area (Å²) in [7, 11) is 5.42. The Labute approximate surface area is 190 Å². The Morgan fingerprint density at radius 1 is 1.14 bits per heavy atom. The standard InChI is InChI=1S/C21H31N3O2S.HI/c1-5-22-21(24(2)14-12-18-9-7-15-27-18)23-13-6-8-17-10-11-19(25-3)20(16-17)26-4;/h7,9-11,15-16H,5-6,8,12-14H2,1-4H3,(H,22,23);1H. The Morgan fingerprint density at radius 3 is 2.57 bits per heavy atom. The number of hydrogen-bond donors (Lipinski definition) is 1. The lowest BCUT2D eigenvalue weighted by molar-refractivity contribution is 0.354. The molecule has 156 valence electrons. The van der Waals surface area contributed by atoms with E-state index in [1.54, 1.807) is 14.2 Å². The quantitative estimate of drug-likeness (QED) is 0.219. The summed E-state index contributed by atoms with van der Waals surface area (Å²) in [6.07, 6.45) is 3.00. The molecule has 0 atom stereocenters. The van der Waals surface area contributed by atoms with Crippen LogP contribution < -0.4 is 14.8 Å².